The van der Waals surface area contributed by atoms with Crippen molar-refractivity contribution >= 4 is 11.9 Å². The highest BCUT2D eigenvalue weighted by Gasteiger charge is 2.22. The minimum absolute atomic E-state index is 0.136. The van der Waals surface area contributed by atoms with Crippen molar-refractivity contribution in [3.05, 3.63) is 0 Å². The second-order valence-electron chi connectivity index (χ2n) is 4.67. The van der Waals surface area contributed by atoms with E-state index < -0.39 is 12.0 Å². The van der Waals surface area contributed by atoms with Crippen molar-refractivity contribution in [2.45, 2.75) is 38.3 Å². The van der Waals surface area contributed by atoms with Crippen molar-refractivity contribution in [3.63, 3.8) is 0 Å². The van der Waals surface area contributed by atoms with Crippen LogP contribution in [0.2, 0.25) is 0 Å². The molecule has 1 heterocycles. The molecule has 1 amide bonds. The lowest BCUT2D eigenvalue weighted by Gasteiger charge is -2.29. The molecule has 0 radical (unpaired) electrons. The molecule has 0 aromatic heterocycles. The van der Waals surface area contributed by atoms with Gasteiger partial charge in [0.1, 0.15) is 6.04 Å². The van der Waals surface area contributed by atoms with Crippen LogP contribution < -0.4 is 11.1 Å². The monoisotopic (exact) mass is 257 g/mol. The highest BCUT2D eigenvalue weighted by molar-refractivity contribution is 5.85. The number of hydrogen-bond donors (Lipinski definition) is 2. The number of methoxy groups -OCH3 is 1. The highest BCUT2D eigenvalue weighted by atomic mass is 16.5. The van der Waals surface area contributed by atoms with Gasteiger partial charge in [0.25, 0.3) is 0 Å². The van der Waals surface area contributed by atoms with E-state index in [1.54, 1.807) is 0 Å². The first kappa shape index (κ1) is 14.9. The molecule has 0 aromatic rings. The van der Waals surface area contributed by atoms with E-state index in [0.717, 1.165) is 25.9 Å². The third-order valence-corrected chi connectivity index (χ3v) is 3.23. The summed E-state index contributed by atoms with van der Waals surface area (Å²) in [6, 6.07) is -0.294. The molecular weight excluding hydrogens is 234 g/mol. The second-order valence-corrected chi connectivity index (χ2v) is 4.67. The van der Waals surface area contributed by atoms with Gasteiger partial charge in [-0.3, -0.25) is 9.69 Å². The third-order valence-electron chi connectivity index (χ3n) is 3.23. The lowest BCUT2D eigenvalue weighted by Crippen LogP contribution is -2.48. The highest BCUT2D eigenvalue weighted by Crippen LogP contribution is 2.07. The largest absolute Gasteiger partial charge is 0.467 e. The molecule has 0 bridgehead atoms. The van der Waals surface area contributed by atoms with E-state index in [-0.39, 0.29) is 11.9 Å². The summed E-state index contributed by atoms with van der Waals surface area (Å²) < 4.78 is 4.62. The van der Waals surface area contributed by atoms with Crippen LogP contribution in [0.25, 0.3) is 0 Å². The van der Waals surface area contributed by atoms with Gasteiger partial charge in [-0.25, -0.2) is 4.79 Å². The van der Waals surface area contributed by atoms with Crippen molar-refractivity contribution in [1.82, 2.24) is 10.2 Å². The van der Waals surface area contributed by atoms with Crippen LogP contribution in [0, 0.1) is 0 Å². The Hall–Kier alpha value is -1.14. The lowest BCUT2D eigenvalue weighted by molar-refractivity contribution is -0.145. The number of ether oxygens (including phenoxy) is 1. The van der Waals surface area contributed by atoms with E-state index in [9.17, 15) is 9.59 Å². The smallest absolute Gasteiger partial charge is 0.328 e. The normalized spacial score (nSPS) is 19.3. The van der Waals surface area contributed by atoms with Crippen molar-refractivity contribution in [3.8, 4) is 0 Å². The van der Waals surface area contributed by atoms with Gasteiger partial charge in [-0.1, -0.05) is 6.92 Å². The maximum absolute atomic E-state index is 11.8. The maximum atomic E-state index is 11.8. The summed E-state index contributed by atoms with van der Waals surface area (Å²) in [5, 5.41) is 2.69. The maximum Gasteiger partial charge on any atom is 0.328 e. The average Bonchev–Trinajstić information content (AvgIpc) is 2.37. The Labute approximate surface area is 108 Å². The standard InChI is InChI=1S/C12H23N3O3/c1-3-10(12(17)18-2)14-11(16)8-15-6-4-9(13)5-7-15/h9-10H,3-8,13H2,1-2H3,(H,14,16). The first-order chi connectivity index (χ1) is 8.56. The Morgan fingerprint density at radius 2 is 2.06 bits per heavy atom. The molecule has 6 nitrogen and oxygen atoms in total. The molecule has 3 N–H and O–H groups in total. The van der Waals surface area contributed by atoms with E-state index in [0.29, 0.717) is 13.0 Å². The van der Waals surface area contributed by atoms with Gasteiger partial charge in [0.15, 0.2) is 0 Å². The second kappa shape index (κ2) is 7.33. The van der Waals surface area contributed by atoms with Crippen molar-refractivity contribution in [2.75, 3.05) is 26.7 Å². The number of hydrogen-bond acceptors (Lipinski definition) is 5. The van der Waals surface area contributed by atoms with Crippen molar-refractivity contribution in [1.29, 1.82) is 0 Å². The SMILES string of the molecule is CCC(NC(=O)CN1CCC(N)CC1)C(=O)OC. The van der Waals surface area contributed by atoms with Gasteiger partial charge in [0, 0.05) is 19.1 Å². The molecule has 1 aliphatic rings. The molecule has 1 atom stereocenters. The van der Waals surface area contributed by atoms with Crippen LogP contribution in [-0.4, -0.2) is 55.6 Å². The first-order valence-electron chi connectivity index (χ1n) is 6.42. The quantitative estimate of drug-likeness (QED) is 0.647. The minimum atomic E-state index is -0.547. The fourth-order valence-corrected chi connectivity index (χ4v) is 2.02. The van der Waals surface area contributed by atoms with Gasteiger partial charge in [0.2, 0.25) is 5.91 Å². The molecule has 1 unspecified atom stereocenters. The zero-order chi connectivity index (χ0) is 13.5. The van der Waals surface area contributed by atoms with Crippen LogP contribution in [0.15, 0.2) is 0 Å². The fourth-order valence-electron chi connectivity index (χ4n) is 2.02. The summed E-state index contributed by atoms with van der Waals surface area (Å²) in [5.41, 5.74) is 5.80. The Kier molecular flexibility index (Phi) is 6.07. The zero-order valence-electron chi connectivity index (χ0n) is 11.1. The lowest BCUT2D eigenvalue weighted by atomic mass is 10.1. The molecule has 0 saturated carbocycles. The molecule has 104 valence electrons. The molecular formula is C12H23N3O3. The van der Waals surface area contributed by atoms with E-state index in [4.69, 9.17) is 5.73 Å². The van der Waals surface area contributed by atoms with E-state index in [1.165, 1.54) is 7.11 Å². The number of amides is 1. The number of nitrogens with zero attached hydrogens (tertiary/aromatic N) is 1. The number of nitrogens with two attached hydrogens (primary N) is 1. The predicted molar refractivity (Wildman–Crippen MR) is 67.9 cm³/mol. The van der Waals surface area contributed by atoms with Crippen LogP contribution in [0.1, 0.15) is 26.2 Å². The van der Waals surface area contributed by atoms with E-state index in [1.807, 2.05) is 6.92 Å². The molecule has 0 aromatic carbocycles. The summed E-state index contributed by atoms with van der Waals surface area (Å²) >= 11 is 0. The Morgan fingerprint density at radius 3 is 2.56 bits per heavy atom. The molecule has 1 fully saturated rings. The number of piperidine rings is 1. The van der Waals surface area contributed by atoms with Gasteiger partial charge in [-0.05, 0) is 19.3 Å². The summed E-state index contributed by atoms with van der Waals surface area (Å²) in [5.74, 6) is -0.533. The summed E-state index contributed by atoms with van der Waals surface area (Å²) in [6.07, 6.45) is 2.37. The Bertz CT molecular complexity index is 288. The molecule has 6 heteroatoms. The third kappa shape index (κ3) is 4.62. The van der Waals surface area contributed by atoms with Crippen molar-refractivity contribution in [2.24, 2.45) is 5.73 Å². The number of carbonyl (C=O) groups excluding carboxylic acids is 2. The zero-order valence-corrected chi connectivity index (χ0v) is 11.1. The number of rotatable bonds is 5. The van der Waals surface area contributed by atoms with Crippen LogP contribution in [0.4, 0.5) is 0 Å². The number of esters is 1. The van der Waals surface area contributed by atoms with Gasteiger partial charge in [-0.15, -0.1) is 0 Å². The van der Waals surface area contributed by atoms with E-state index in [2.05, 4.69) is 15.0 Å². The molecule has 1 aliphatic heterocycles. The minimum Gasteiger partial charge on any atom is -0.467 e. The number of likely N-dealkylation sites (tertiary alicyclic amines) is 1. The van der Waals surface area contributed by atoms with Crippen molar-refractivity contribution < 1.29 is 14.3 Å². The number of carbonyl (C=O) groups is 2. The van der Waals surface area contributed by atoms with Gasteiger partial charge in [-0.2, -0.15) is 0 Å². The first-order valence-corrected chi connectivity index (χ1v) is 6.42. The van der Waals surface area contributed by atoms with Gasteiger partial charge < -0.3 is 15.8 Å². The molecule has 1 saturated heterocycles. The molecule has 18 heavy (non-hydrogen) atoms. The van der Waals surface area contributed by atoms with Gasteiger partial charge >= 0.3 is 5.97 Å². The van der Waals surface area contributed by atoms with Crippen LogP contribution >= 0.6 is 0 Å². The summed E-state index contributed by atoms with van der Waals surface area (Å²) in [6.45, 7) is 3.83. The van der Waals surface area contributed by atoms with Crippen LogP contribution in [0.3, 0.4) is 0 Å². The predicted octanol–water partition coefficient (Wildman–Crippen LogP) is -0.523. The van der Waals surface area contributed by atoms with Crippen LogP contribution in [-0.2, 0) is 14.3 Å². The van der Waals surface area contributed by atoms with Gasteiger partial charge in [0.05, 0.1) is 13.7 Å². The molecule has 0 spiro atoms. The molecule has 1 rings (SSSR count). The van der Waals surface area contributed by atoms with E-state index >= 15 is 0 Å². The average molecular weight is 257 g/mol. The Balaban J connectivity index is 2.34. The Morgan fingerprint density at radius 1 is 1.44 bits per heavy atom. The van der Waals surface area contributed by atoms with Crippen LogP contribution in [0.5, 0.6) is 0 Å². The molecule has 0 aliphatic carbocycles. The number of nitrogens with one attached hydrogen (secondary N) is 1. The fraction of sp³-hybridized carbons (Fsp3) is 0.833. The summed E-state index contributed by atoms with van der Waals surface area (Å²) in [7, 11) is 1.32. The summed E-state index contributed by atoms with van der Waals surface area (Å²) in [4.78, 5) is 25.2. The topological polar surface area (TPSA) is 84.7 Å².